The number of aliphatic hydroxyl groups excluding tert-OH is 1. The fraction of sp³-hybridized carbons (Fsp3) is 0.750. The third-order valence-electron chi connectivity index (χ3n) is 2.40. The summed E-state index contributed by atoms with van der Waals surface area (Å²) in [6.45, 7) is 2.26. The van der Waals surface area contributed by atoms with Crippen molar-refractivity contribution in [2.75, 3.05) is 24.6 Å². The quantitative estimate of drug-likeness (QED) is 0.763. The van der Waals surface area contributed by atoms with Crippen molar-refractivity contribution in [1.82, 2.24) is 9.36 Å². The van der Waals surface area contributed by atoms with Gasteiger partial charge in [-0.3, -0.25) is 0 Å². The Balaban J connectivity index is 2.00. The van der Waals surface area contributed by atoms with Crippen LogP contribution in [0.2, 0.25) is 0 Å². The molecule has 1 fully saturated rings. The second-order valence-electron chi connectivity index (χ2n) is 3.36. The molecule has 1 aliphatic rings. The van der Waals surface area contributed by atoms with E-state index in [4.69, 9.17) is 5.11 Å². The second-order valence-corrected chi connectivity index (χ2v) is 4.12. The summed E-state index contributed by atoms with van der Waals surface area (Å²) in [5.74, 6) is 0.414. The lowest BCUT2D eigenvalue weighted by molar-refractivity contribution is 0.208. The van der Waals surface area contributed by atoms with Crippen LogP contribution in [0.3, 0.4) is 0 Å². The molecule has 1 aromatic rings. The van der Waals surface area contributed by atoms with Gasteiger partial charge in [0.1, 0.15) is 6.33 Å². The average molecular weight is 199 g/mol. The highest BCUT2D eigenvalue weighted by Crippen LogP contribution is 2.22. The van der Waals surface area contributed by atoms with Crippen molar-refractivity contribution >= 4 is 16.7 Å². The zero-order valence-corrected chi connectivity index (χ0v) is 8.20. The molecule has 1 unspecified atom stereocenters. The van der Waals surface area contributed by atoms with Crippen molar-refractivity contribution in [2.24, 2.45) is 5.92 Å². The number of hydrogen-bond donors (Lipinski definition) is 1. The molecule has 1 aromatic heterocycles. The molecular formula is C8H13N3OS. The summed E-state index contributed by atoms with van der Waals surface area (Å²) in [5.41, 5.74) is 0. The Morgan fingerprint density at radius 3 is 3.31 bits per heavy atom. The Labute approximate surface area is 81.4 Å². The molecule has 2 heterocycles. The molecule has 0 aliphatic carbocycles. The van der Waals surface area contributed by atoms with Gasteiger partial charge in [-0.2, -0.15) is 4.37 Å². The minimum absolute atomic E-state index is 0.287. The van der Waals surface area contributed by atoms with E-state index in [-0.39, 0.29) is 6.61 Å². The maximum Gasteiger partial charge on any atom is 0.204 e. The van der Waals surface area contributed by atoms with Crippen LogP contribution >= 0.6 is 11.5 Å². The highest BCUT2D eigenvalue weighted by Gasteiger charge is 2.20. The Bertz CT molecular complexity index is 252. The van der Waals surface area contributed by atoms with Gasteiger partial charge in [0.2, 0.25) is 5.13 Å². The molecule has 0 bridgehead atoms. The van der Waals surface area contributed by atoms with Gasteiger partial charge >= 0.3 is 0 Å². The number of hydrogen-bond acceptors (Lipinski definition) is 5. The maximum atomic E-state index is 9.05. The van der Waals surface area contributed by atoms with Crippen LogP contribution < -0.4 is 4.90 Å². The van der Waals surface area contributed by atoms with E-state index in [0.29, 0.717) is 5.92 Å². The van der Waals surface area contributed by atoms with Crippen LogP contribution in [-0.4, -0.2) is 34.2 Å². The Kier molecular flexibility index (Phi) is 2.75. The summed E-state index contributed by atoms with van der Waals surface area (Å²) in [4.78, 5) is 6.37. The first-order chi connectivity index (χ1) is 6.40. The summed E-state index contributed by atoms with van der Waals surface area (Å²) in [5, 5.41) is 10.0. The van der Waals surface area contributed by atoms with Crippen LogP contribution in [-0.2, 0) is 0 Å². The van der Waals surface area contributed by atoms with Crippen LogP contribution in [0.1, 0.15) is 12.8 Å². The number of piperidine rings is 1. The number of aromatic nitrogens is 2. The minimum Gasteiger partial charge on any atom is -0.396 e. The Morgan fingerprint density at radius 2 is 2.62 bits per heavy atom. The minimum atomic E-state index is 0.287. The molecule has 0 radical (unpaired) electrons. The Hall–Kier alpha value is -0.680. The van der Waals surface area contributed by atoms with Crippen LogP contribution in [0.15, 0.2) is 6.33 Å². The molecule has 0 saturated carbocycles. The standard InChI is InChI=1S/C8H13N3OS/c12-5-7-2-1-3-11(4-7)8-9-6-10-13-8/h6-7,12H,1-5H2. The number of nitrogens with zero attached hydrogens (tertiary/aromatic N) is 3. The zero-order chi connectivity index (χ0) is 9.10. The third kappa shape index (κ3) is 1.97. The second kappa shape index (κ2) is 4.02. The molecular weight excluding hydrogens is 186 g/mol. The fourth-order valence-corrected chi connectivity index (χ4v) is 2.26. The average Bonchev–Trinajstić information content (AvgIpc) is 2.71. The molecule has 5 heteroatoms. The topological polar surface area (TPSA) is 49.2 Å². The van der Waals surface area contributed by atoms with Gasteiger partial charge < -0.3 is 10.0 Å². The first-order valence-corrected chi connectivity index (χ1v) is 5.30. The fourth-order valence-electron chi connectivity index (χ4n) is 1.69. The highest BCUT2D eigenvalue weighted by molar-refractivity contribution is 7.09. The van der Waals surface area contributed by atoms with Gasteiger partial charge in [0.15, 0.2) is 0 Å². The first-order valence-electron chi connectivity index (χ1n) is 4.52. The summed E-state index contributed by atoms with van der Waals surface area (Å²) in [7, 11) is 0. The van der Waals surface area contributed by atoms with Crippen molar-refractivity contribution in [1.29, 1.82) is 0 Å². The van der Waals surface area contributed by atoms with Crippen molar-refractivity contribution in [2.45, 2.75) is 12.8 Å². The summed E-state index contributed by atoms with van der Waals surface area (Å²) >= 11 is 1.43. The van der Waals surface area contributed by atoms with Gasteiger partial charge in [0.05, 0.1) is 0 Å². The predicted octanol–water partition coefficient (Wildman–Crippen LogP) is 0.747. The van der Waals surface area contributed by atoms with Gasteiger partial charge in [-0.05, 0) is 18.8 Å². The van der Waals surface area contributed by atoms with E-state index in [2.05, 4.69) is 14.3 Å². The van der Waals surface area contributed by atoms with Crippen LogP contribution in [0.4, 0.5) is 5.13 Å². The lowest BCUT2D eigenvalue weighted by atomic mass is 10.00. The summed E-state index contributed by atoms with van der Waals surface area (Å²) in [6.07, 6.45) is 3.86. The van der Waals surface area contributed by atoms with E-state index in [9.17, 15) is 0 Å². The lowest BCUT2D eigenvalue weighted by Crippen LogP contribution is -2.36. The molecule has 1 atom stereocenters. The van der Waals surface area contributed by atoms with E-state index in [1.165, 1.54) is 11.5 Å². The molecule has 72 valence electrons. The van der Waals surface area contributed by atoms with Crippen LogP contribution in [0.5, 0.6) is 0 Å². The highest BCUT2D eigenvalue weighted by atomic mass is 32.1. The van der Waals surface area contributed by atoms with Gasteiger partial charge in [0.25, 0.3) is 0 Å². The lowest BCUT2D eigenvalue weighted by Gasteiger charge is -2.31. The first kappa shape index (κ1) is 8.90. The smallest absolute Gasteiger partial charge is 0.204 e. The molecule has 13 heavy (non-hydrogen) atoms. The molecule has 0 spiro atoms. The van der Waals surface area contributed by atoms with Gasteiger partial charge in [-0.15, -0.1) is 0 Å². The molecule has 1 saturated heterocycles. The van der Waals surface area contributed by atoms with Crippen molar-refractivity contribution in [3.63, 3.8) is 0 Å². The molecule has 0 aromatic carbocycles. The van der Waals surface area contributed by atoms with E-state index in [1.807, 2.05) is 0 Å². The summed E-state index contributed by atoms with van der Waals surface area (Å²) < 4.78 is 3.97. The number of aliphatic hydroxyl groups is 1. The van der Waals surface area contributed by atoms with Crippen LogP contribution in [0, 0.1) is 5.92 Å². The van der Waals surface area contributed by atoms with Crippen molar-refractivity contribution in [3.05, 3.63) is 6.33 Å². The number of rotatable bonds is 2. The monoisotopic (exact) mass is 199 g/mol. The van der Waals surface area contributed by atoms with Crippen molar-refractivity contribution in [3.8, 4) is 0 Å². The molecule has 1 N–H and O–H groups in total. The molecule has 4 nitrogen and oxygen atoms in total. The SMILES string of the molecule is OCC1CCCN(c2ncns2)C1. The zero-order valence-electron chi connectivity index (χ0n) is 7.39. The Morgan fingerprint density at radius 1 is 1.69 bits per heavy atom. The van der Waals surface area contributed by atoms with Gasteiger partial charge in [0, 0.05) is 31.2 Å². The van der Waals surface area contributed by atoms with Crippen molar-refractivity contribution < 1.29 is 5.11 Å². The normalized spacial score (nSPS) is 23.5. The number of anilines is 1. The van der Waals surface area contributed by atoms with E-state index in [0.717, 1.165) is 31.1 Å². The van der Waals surface area contributed by atoms with E-state index < -0.39 is 0 Å². The molecule has 2 rings (SSSR count). The maximum absolute atomic E-state index is 9.05. The van der Waals surface area contributed by atoms with Crippen LogP contribution in [0.25, 0.3) is 0 Å². The molecule has 1 aliphatic heterocycles. The third-order valence-corrected chi connectivity index (χ3v) is 3.12. The van der Waals surface area contributed by atoms with E-state index in [1.54, 1.807) is 6.33 Å². The van der Waals surface area contributed by atoms with Gasteiger partial charge in [-0.25, -0.2) is 4.98 Å². The van der Waals surface area contributed by atoms with E-state index >= 15 is 0 Å². The van der Waals surface area contributed by atoms with Gasteiger partial charge in [-0.1, -0.05) is 0 Å². The largest absolute Gasteiger partial charge is 0.396 e. The summed E-state index contributed by atoms with van der Waals surface area (Å²) in [6, 6.07) is 0. The molecule has 0 amide bonds. The predicted molar refractivity (Wildman–Crippen MR) is 51.9 cm³/mol.